The Hall–Kier alpha value is -13.4. The van der Waals surface area contributed by atoms with Crippen LogP contribution in [0.4, 0.5) is 0 Å². The molecule has 0 spiro atoms. The molecule has 0 saturated carbocycles. The van der Waals surface area contributed by atoms with Crippen LogP contribution >= 0.6 is 0 Å². The molecule has 0 radical (unpaired) electrons. The Bertz CT molecular complexity index is 4740. The van der Waals surface area contributed by atoms with Crippen LogP contribution < -0.4 is 53.6 Å². The maximum atomic E-state index is 15.6. The normalized spacial score (nSPS) is 23.9. The van der Waals surface area contributed by atoms with Gasteiger partial charge in [0.05, 0.1) is 32.8 Å². The van der Waals surface area contributed by atoms with E-state index in [1.165, 1.54) is 100 Å². The summed E-state index contributed by atoms with van der Waals surface area (Å²) >= 11 is 0. The molecule has 696 valence electrons. The van der Waals surface area contributed by atoms with Crippen molar-refractivity contribution in [2.75, 3.05) is 81.1 Å². The van der Waals surface area contributed by atoms with Crippen molar-refractivity contribution in [1.82, 2.24) is 82.2 Å². The molecule has 0 aliphatic carbocycles. The number of aliphatic hydroxyl groups excluding tert-OH is 1. The molecular formula is C92H123N17O20. The van der Waals surface area contributed by atoms with Crippen molar-refractivity contribution >= 4 is 100 Å². The minimum atomic E-state index is -1.75. The van der Waals surface area contributed by atoms with Crippen LogP contribution in [0.5, 0.6) is 11.5 Å². The van der Waals surface area contributed by atoms with Gasteiger partial charge in [0, 0.05) is 86.9 Å². The first-order valence-corrected chi connectivity index (χ1v) is 43.6. The first-order valence-electron chi connectivity index (χ1n) is 43.6. The molecule has 5 aromatic carbocycles. The second-order valence-electron chi connectivity index (χ2n) is 33.4. The van der Waals surface area contributed by atoms with Gasteiger partial charge in [-0.05, 0) is 110 Å². The van der Waals surface area contributed by atoms with Crippen molar-refractivity contribution in [3.63, 3.8) is 0 Å². The first kappa shape index (κ1) is 101. The Morgan fingerprint density at radius 3 is 1.47 bits per heavy atom. The van der Waals surface area contributed by atoms with E-state index in [0.29, 0.717) is 53.5 Å². The second-order valence-corrected chi connectivity index (χ2v) is 33.4. The highest BCUT2D eigenvalue weighted by Crippen LogP contribution is 2.27. The van der Waals surface area contributed by atoms with Gasteiger partial charge in [-0.15, -0.1) is 0 Å². The fourth-order valence-corrected chi connectivity index (χ4v) is 15.8. The molecule has 14 N–H and O–H groups in total. The molecule has 0 aromatic heterocycles. The van der Waals surface area contributed by atoms with Crippen LogP contribution in [0.15, 0.2) is 140 Å². The summed E-state index contributed by atoms with van der Waals surface area (Å²) in [4.78, 5) is 255. The number of nitrogens with one attached hydrogen (secondary N) is 9. The van der Waals surface area contributed by atoms with Gasteiger partial charge in [0.25, 0.3) is 0 Å². The lowest BCUT2D eigenvalue weighted by molar-refractivity contribution is -0.149. The topological polar surface area (TPSA) is 508 Å². The Balaban J connectivity index is 1.12. The largest absolute Gasteiger partial charge is 0.508 e. The lowest BCUT2D eigenvalue weighted by Gasteiger charge is -2.35. The fourth-order valence-electron chi connectivity index (χ4n) is 15.8. The van der Waals surface area contributed by atoms with Crippen LogP contribution in [0, 0.1) is 5.92 Å². The van der Waals surface area contributed by atoms with Crippen molar-refractivity contribution < 1.29 is 96.8 Å². The number of unbranched alkanes of at least 4 members (excludes halogenated alkanes) is 2. The highest BCUT2D eigenvalue weighted by atomic mass is 16.3. The van der Waals surface area contributed by atoms with Crippen LogP contribution in [-0.2, 0) is 114 Å². The number of aliphatic hydroxyl groups is 1. The summed E-state index contributed by atoms with van der Waals surface area (Å²) in [5.74, 6) is -14.9. The molecule has 17 amide bonds. The van der Waals surface area contributed by atoms with E-state index in [1.54, 1.807) is 105 Å². The molecule has 37 heteroatoms. The number of benzene rings is 5. The highest BCUT2D eigenvalue weighted by Gasteiger charge is 2.45. The maximum absolute atomic E-state index is 15.6. The molecule has 0 bridgehead atoms. The summed E-state index contributed by atoms with van der Waals surface area (Å²) < 4.78 is 0. The smallest absolute Gasteiger partial charge is 0.246 e. The highest BCUT2D eigenvalue weighted by molar-refractivity contribution is 6.01. The summed E-state index contributed by atoms with van der Waals surface area (Å²) in [6.45, 7) is 2.70. The summed E-state index contributed by atoms with van der Waals surface area (Å²) in [6, 6.07) is 20.5. The third kappa shape index (κ3) is 29.6. The van der Waals surface area contributed by atoms with Gasteiger partial charge in [0.1, 0.15) is 84.0 Å². The van der Waals surface area contributed by atoms with E-state index in [4.69, 9.17) is 5.73 Å². The molecule has 0 unspecified atom stereocenters. The van der Waals surface area contributed by atoms with E-state index < -0.39 is 212 Å². The van der Waals surface area contributed by atoms with Crippen molar-refractivity contribution in [1.29, 1.82) is 0 Å². The number of phenols is 2. The SMILES string of the molecule is CCCCC[C@@H]1NC(=O)CNC(=O)[C@H](CO)NC(=O)[C@H](C(C)C)NC(=O)[C@H](Cc2ccc(O)cc2)NC(=O)[C@H](C)N(C)C(=O)[C@@H]2CCCN2C(=O)CN(C)C(=O)[C@H](Cc2ccccc2)NC(=O)CCC[C@@H](C(=O)NCC(N)=O)NC(=O)[C@@H]2CCCN2C(=O)[C@H](Cc2ccccc2)N(C)C(=O)[C@H](Cc2ccc(O)cc2)NC(=O)CN(C)C(=O)[C@H](Cc2ccccc2)N(C)C1=O. The van der Waals surface area contributed by atoms with E-state index in [1.807, 2.05) is 6.92 Å². The minimum Gasteiger partial charge on any atom is -0.508 e. The summed E-state index contributed by atoms with van der Waals surface area (Å²) in [5, 5.41) is 54.6. The van der Waals surface area contributed by atoms with Crippen LogP contribution in [0.1, 0.15) is 126 Å². The van der Waals surface area contributed by atoms with Gasteiger partial charge in [0.2, 0.25) is 100 Å². The number of amides is 17. The molecule has 37 nitrogen and oxygen atoms in total. The zero-order chi connectivity index (χ0) is 94.3. The molecule has 3 fully saturated rings. The quantitative estimate of drug-likeness (QED) is 0.0465. The average Bonchev–Trinajstić information content (AvgIpc) is 1.79. The molecule has 3 heterocycles. The van der Waals surface area contributed by atoms with Crippen molar-refractivity contribution in [2.45, 2.75) is 203 Å². The number of likely N-dealkylation sites (N-methyl/N-ethyl adjacent to an activating group) is 5. The zero-order valence-corrected chi connectivity index (χ0v) is 74.5. The molecule has 3 saturated heterocycles. The van der Waals surface area contributed by atoms with E-state index in [9.17, 15) is 77.6 Å². The lowest BCUT2D eigenvalue weighted by atomic mass is 10.00. The number of carbonyl (C=O) groups excluding carboxylic acids is 17. The number of aromatic hydroxyl groups is 2. The monoisotopic (exact) mass is 1790 g/mol. The Morgan fingerprint density at radius 2 is 0.930 bits per heavy atom. The van der Waals surface area contributed by atoms with Crippen molar-refractivity contribution in [3.8, 4) is 11.5 Å². The number of carbonyl (C=O) groups is 17. The van der Waals surface area contributed by atoms with Gasteiger partial charge >= 0.3 is 0 Å². The lowest BCUT2D eigenvalue weighted by Crippen LogP contribution is -2.61. The van der Waals surface area contributed by atoms with Crippen molar-refractivity contribution in [2.24, 2.45) is 11.7 Å². The Kier molecular flexibility index (Phi) is 38.5. The maximum Gasteiger partial charge on any atom is 0.246 e. The Labute approximate surface area is 750 Å². The number of phenolic OH excluding ortho intramolecular Hbond substituents is 2. The zero-order valence-electron chi connectivity index (χ0n) is 74.5. The number of hydrogen-bond acceptors (Lipinski definition) is 20. The molecule has 12 atom stereocenters. The molecule has 3 aliphatic heterocycles. The van der Waals surface area contributed by atoms with Gasteiger partial charge < -0.3 is 103 Å². The molecular weight excluding hydrogens is 1660 g/mol. The van der Waals surface area contributed by atoms with Crippen LogP contribution in [0.25, 0.3) is 0 Å². The Morgan fingerprint density at radius 1 is 0.450 bits per heavy atom. The predicted molar refractivity (Wildman–Crippen MR) is 473 cm³/mol. The fraction of sp³-hybridized carbons (Fsp3) is 0.489. The number of fused-ring (bicyclic) bond motifs is 2. The third-order valence-electron chi connectivity index (χ3n) is 23.4. The van der Waals surface area contributed by atoms with E-state index in [-0.39, 0.29) is 102 Å². The van der Waals surface area contributed by atoms with Crippen molar-refractivity contribution in [3.05, 3.63) is 167 Å². The second kappa shape index (κ2) is 49.1. The summed E-state index contributed by atoms with van der Waals surface area (Å²) in [5.41, 5.74) is 8.09. The molecule has 129 heavy (non-hydrogen) atoms. The molecule has 8 rings (SSSR count). The van der Waals surface area contributed by atoms with E-state index in [2.05, 4.69) is 47.9 Å². The van der Waals surface area contributed by atoms with Gasteiger partial charge in [-0.1, -0.05) is 155 Å². The molecule has 3 aliphatic rings. The number of nitrogens with two attached hydrogens (primary N) is 1. The first-order chi connectivity index (χ1) is 61.5. The van der Waals surface area contributed by atoms with Crippen LogP contribution in [-0.4, -0.2) is 304 Å². The van der Waals surface area contributed by atoms with Crippen LogP contribution in [0.2, 0.25) is 0 Å². The number of hydrogen-bond donors (Lipinski definition) is 13. The summed E-state index contributed by atoms with van der Waals surface area (Å²) in [7, 11) is 6.70. The standard InChI is InChI=1S/C92H123N17O20/c1-10-11-15-31-66-88(125)106(8)73(49-59-27-18-13-19-28-59)90(127)103(5)53-78(116)98-69(48-62-38-42-64(112)43-39-62)89(126)107(9)74(50-60-29-20-14-21-30-60)92(129)109-45-23-33-71(109)85(122)99-65(82(119)94-51-75(93)113)32-22-35-76(114)97-68(47-58-25-16-12-17-26-58)87(124)104(6)54-79(117)108-44-24-34-72(108)91(128)105(7)57(4)81(118)100-67(46-61-36-40-63(111)41-37-61)84(121)102-80(56(2)3)86(123)101-70(55-110)83(120)95-52-77(115)96-66/h12-14,16-21,25-30,36-43,56-57,65-74,80,110-112H,10-11,15,22-24,31-35,44-55H2,1-9H3,(H2,93,113)(H,94,119)(H,95,120)(H,96,115)(H,97,114)(H,98,116)(H,99,122)(H,100,118)(H,101,123)(H,102,121)/t57-,65-,66-,67-,68-,69-,70-,71-,72-,73-,74-,80-/m0/s1. The third-order valence-corrected chi connectivity index (χ3v) is 23.4. The molecule has 5 aromatic rings. The van der Waals surface area contributed by atoms with E-state index >= 15 is 19.2 Å². The van der Waals surface area contributed by atoms with E-state index in [0.717, 1.165) is 24.5 Å². The number of rotatable bonds is 19. The average molecular weight is 1790 g/mol. The number of primary amides is 1. The van der Waals surface area contributed by atoms with Crippen LogP contribution in [0.3, 0.4) is 0 Å². The van der Waals surface area contributed by atoms with Gasteiger partial charge in [-0.2, -0.15) is 0 Å². The minimum absolute atomic E-state index is 0.00951. The number of nitrogens with zero attached hydrogens (tertiary/aromatic N) is 7. The van der Waals surface area contributed by atoms with Gasteiger partial charge in [-0.25, -0.2) is 0 Å². The summed E-state index contributed by atoms with van der Waals surface area (Å²) in [6.07, 6.45) is 1.01. The van der Waals surface area contributed by atoms with Gasteiger partial charge in [0.15, 0.2) is 0 Å². The predicted octanol–water partition coefficient (Wildman–Crippen LogP) is -0.465. The van der Waals surface area contributed by atoms with Gasteiger partial charge in [-0.3, -0.25) is 81.5 Å².